The van der Waals surface area contributed by atoms with E-state index in [0.717, 1.165) is 6.26 Å². The Bertz CT molecular complexity index is 189. The minimum absolute atomic E-state index is 0. The lowest BCUT2D eigenvalue weighted by Gasteiger charge is -2.10. The Hall–Kier alpha value is 0.660. The maximum Gasteiger partial charge on any atom is 0.529 e. The van der Waals surface area contributed by atoms with Gasteiger partial charge >= 0.3 is 7.82 Å². The molecule has 0 radical (unpaired) electrons. The summed E-state index contributed by atoms with van der Waals surface area (Å²) in [6.45, 7) is 0. The van der Waals surface area contributed by atoms with Crippen molar-refractivity contribution in [2.75, 3.05) is 14.2 Å². The molecule has 0 aliphatic heterocycles. The van der Waals surface area contributed by atoms with E-state index in [9.17, 15) is 4.57 Å². The number of hydrogen-bond donors (Lipinski definition) is 1. The average Bonchev–Trinajstić information content (AvgIpc) is 2.00. The highest BCUT2D eigenvalue weighted by molar-refractivity contribution is 7.48. The van der Waals surface area contributed by atoms with E-state index in [4.69, 9.17) is 23.2 Å². The van der Waals surface area contributed by atoms with Crippen molar-refractivity contribution in [1.82, 2.24) is 6.15 Å². The third-order valence-electron chi connectivity index (χ3n) is 0.718. The van der Waals surface area contributed by atoms with Crippen molar-refractivity contribution in [1.29, 1.82) is 0 Å². The molecule has 0 saturated heterocycles. The van der Waals surface area contributed by atoms with Crippen LogP contribution in [-0.2, 0) is 18.1 Å². The van der Waals surface area contributed by atoms with Crippen LogP contribution in [0.4, 0.5) is 0 Å². The summed E-state index contributed by atoms with van der Waals surface area (Å²) >= 11 is 10.3. The molecule has 0 bridgehead atoms. The van der Waals surface area contributed by atoms with Crippen LogP contribution in [0.15, 0.2) is 10.8 Å². The fourth-order valence-corrected chi connectivity index (χ4v) is 1.03. The molecule has 13 heavy (non-hydrogen) atoms. The van der Waals surface area contributed by atoms with Gasteiger partial charge in [0.2, 0.25) is 0 Å². The number of halogens is 2. The lowest BCUT2D eigenvalue weighted by Crippen LogP contribution is -1.88. The number of hydrogen-bond acceptors (Lipinski definition) is 5. The first-order valence-electron chi connectivity index (χ1n) is 2.45. The molecule has 0 aromatic heterocycles. The minimum atomic E-state index is -3.48. The molecule has 3 N–H and O–H groups in total. The van der Waals surface area contributed by atoms with Gasteiger partial charge in [0.1, 0.15) is 10.8 Å². The van der Waals surface area contributed by atoms with E-state index in [-0.39, 0.29) is 20.5 Å². The zero-order valence-electron chi connectivity index (χ0n) is 7.33. The second-order valence-corrected chi connectivity index (χ2v) is 4.17. The molecule has 82 valence electrons. The molecule has 9 heteroatoms. The third-order valence-corrected chi connectivity index (χ3v) is 2.15. The number of rotatable bonds is 4. The van der Waals surface area contributed by atoms with Gasteiger partial charge in [-0.15, -0.1) is 0 Å². The number of phosphoric acid groups is 1. The molecule has 0 aromatic carbocycles. The molecule has 1 atom stereocenters. The minimum Gasteiger partial charge on any atom is -0.409 e. The molecule has 0 amide bonds. The Morgan fingerprint density at radius 1 is 1.31 bits per heavy atom. The molecule has 0 fully saturated rings. The van der Waals surface area contributed by atoms with Gasteiger partial charge in [-0.2, -0.15) is 9.90 Å². The molecule has 0 aliphatic carbocycles. The Morgan fingerprint density at radius 2 is 1.69 bits per heavy atom. The molecule has 5 nitrogen and oxygen atoms in total. The van der Waals surface area contributed by atoms with Crippen LogP contribution in [0, 0.1) is 0 Å². The van der Waals surface area contributed by atoms with Crippen molar-refractivity contribution < 1.29 is 18.1 Å². The largest absolute Gasteiger partial charge is 0.529 e. The van der Waals surface area contributed by atoms with Gasteiger partial charge in [-0.1, -0.05) is 23.2 Å². The second-order valence-electron chi connectivity index (χ2n) is 1.33. The summed E-state index contributed by atoms with van der Waals surface area (Å²) in [5, 5.41) is 0. The van der Waals surface area contributed by atoms with E-state index >= 15 is 0 Å². The molecular formula is C4H13Cl2NO4P2. The Balaban J connectivity index is -0.000000500. The SMILES string of the molecule is COP(=O)(OC)OC=C(Cl)Cl.N.P. The van der Waals surface area contributed by atoms with Crippen LogP contribution in [0.25, 0.3) is 0 Å². The Morgan fingerprint density at radius 3 is 1.92 bits per heavy atom. The molecule has 0 heterocycles. The predicted octanol–water partition coefficient (Wildman–Crippen LogP) is 2.90. The fourth-order valence-electron chi connectivity index (χ4n) is 0.265. The van der Waals surface area contributed by atoms with Crippen molar-refractivity contribution in [2.24, 2.45) is 0 Å². The summed E-state index contributed by atoms with van der Waals surface area (Å²) in [7, 11) is -1.12. The van der Waals surface area contributed by atoms with Crippen LogP contribution < -0.4 is 6.15 Å². The van der Waals surface area contributed by atoms with Gasteiger partial charge < -0.3 is 10.7 Å². The molecule has 0 aromatic rings. The predicted molar refractivity (Wildman–Crippen MR) is 58.6 cm³/mol. The maximum atomic E-state index is 11.0. The van der Waals surface area contributed by atoms with Gasteiger partial charge in [0, 0.05) is 14.2 Å². The first kappa shape index (κ1) is 19.3. The smallest absolute Gasteiger partial charge is 0.409 e. The highest BCUT2D eigenvalue weighted by Gasteiger charge is 2.22. The van der Waals surface area contributed by atoms with E-state index in [2.05, 4.69) is 13.6 Å². The molecule has 0 aliphatic rings. The van der Waals surface area contributed by atoms with Crippen molar-refractivity contribution in [3.8, 4) is 0 Å². The highest BCUT2D eigenvalue weighted by Crippen LogP contribution is 2.48. The zero-order valence-corrected chi connectivity index (χ0v) is 11.1. The summed E-state index contributed by atoms with van der Waals surface area (Å²) in [6.07, 6.45) is 0.872. The summed E-state index contributed by atoms with van der Waals surface area (Å²) in [5.74, 6) is 0. The van der Waals surface area contributed by atoms with E-state index in [0.29, 0.717) is 0 Å². The third kappa shape index (κ3) is 8.98. The van der Waals surface area contributed by atoms with Crippen LogP contribution >= 0.6 is 40.9 Å². The van der Waals surface area contributed by atoms with Crippen LogP contribution in [0.3, 0.4) is 0 Å². The Kier molecular flexibility index (Phi) is 13.7. The monoisotopic (exact) mass is 271 g/mol. The molecule has 0 spiro atoms. The molecule has 0 rings (SSSR count). The lowest BCUT2D eigenvalue weighted by atomic mass is 11.2. The Labute approximate surface area is 90.5 Å². The van der Waals surface area contributed by atoms with Gasteiger partial charge in [-0.25, -0.2) is 4.57 Å². The summed E-state index contributed by atoms with van der Waals surface area (Å²) in [5.41, 5.74) is 0. The van der Waals surface area contributed by atoms with Crippen LogP contribution in [0.5, 0.6) is 0 Å². The van der Waals surface area contributed by atoms with E-state index in [1.807, 2.05) is 0 Å². The van der Waals surface area contributed by atoms with Gasteiger partial charge in [-0.05, 0) is 0 Å². The van der Waals surface area contributed by atoms with Crippen molar-refractivity contribution >= 4 is 40.9 Å². The van der Waals surface area contributed by atoms with Gasteiger partial charge in [0.25, 0.3) is 0 Å². The van der Waals surface area contributed by atoms with Gasteiger partial charge in [-0.3, -0.25) is 9.05 Å². The van der Waals surface area contributed by atoms with Crippen LogP contribution in [0.2, 0.25) is 0 Å². The average molecular weight is 272 g/mol. The van der Waals surface area contributed by atoms with Gasteiger partial charge in [0.05, 0.1) is 0 Å². The van der Waals surface area contributed by atoms with E-state index in [1.165, 1.54) is 14.2 Å². The fraction of sp³-hybridized carbons (Fsp3) is 0.500. The molecule has 1 unspecified atom stereocenters. The quantitative estimate of drug-likeness (QED) is 0.628. The van der Waals surface area contributed by atoms with Crippen molar-refractivity contribution in [3.05, 3.63) is 10.8 Å². The lowest BCUT2D eigenvalue weighted by molar-refractivity contribution is 0.194. The standard InChI is InChI=1S/C4H7Cl2O4P.H3N.H3P/c1-8-11(7,9-2)10-3-4(5)6;;/h3H,1-2H3;2*1H3. The molecular weight excluding hydrogens is 259 g/mol. The zero-order chi connectivity index (χ0) is 8.91. The molecule has 0 saturated carbocycles. The van der Waals surface area contributed by atoms with E-state index < -0.39 is 7.82 Å². The summed E-state index contributed by atoms with van der Waals surface area (Å²) in [4.78, 5) is 0. The van der Waals surface area contributed by atoms with Crippen molar-refractivity contribution in [3.63, 3.8) is 0 Å². The first-order valence-corrected chi connectivity index (χ1v) is 4.67. The first-order chi connectivity index (χ1) is 5.04. The van der Waals surface area contributed by atoms with Crippen molar-refractivity contribution in [2.45, 2.75) is 0 Å². The van der Waals surface area contributed by atoms with Gasteiger partial charge in [0.15, 0.2) is 0 Å². The topological polar surface area (TPSA) is 79.8 Å². The van der Waals surface area contributed by atoms with Crippen LogP contribution in [-0.4, -0.2) is 14.2 Å². The highest BCUT2D eigenvalue weighted by atomic mass is 35.5. The maximum absolute atomic E-state index is 11.0. The summed E-state index contributed by atoms with van der Waals surface area (Å²) < 4.78 is 24.1. The second kappa shape index (κ2) is 9.22. The van der Waals surface area contributed by atoms with Crippen LogP contribution in [0.1, 0.15) is 0 Å². The number of phosphoric ester groups is 1. The normalized spacial score (nSPS) is 9.23. The summed E-state index contributed by atoms with van der Waals surface area (Å²) in [6, 6.07) is 0. The van der Waals surface area contributed by atoms with E-state index in [1.54, 1.807) is 0 Å².